The molecule has 2 aromatic carbocycles. The van der Waals surface area contributed by atoms with Gasteiger partial charge < -0.3 is 10.5 Å². The summed E-state index contributed by atoms with van der Waals surface area (Å²) in [4.78, 5) is 0. The number of ether oxygens (including phenoxy) is 1. The summed E-state index contributed by atoms with van der Waals surface area (Å²) in [7, 11) is 0. The molecule has 0 fully saturated rings. The lowest BCUT2D eigenvalue weighted by molar-refractivity contribution is 0.119. The molecule has 110 valence electrons. The minimum Gasteiger partial charge on any atom is -0.398 e. The SMILES string of the molecule is C/C(=C\CCCOCc1ccccc1)c1ccccc1N. The molecule has 2 heteroatoms. The van der Waals surface area contributed by atoms with Gasteiger partial charge in [0.2, 0.25) is 0 Å². The van der Waals surface area contributed by atoms with Crippen molar-refractivity contribution < 1.29 is 4.74 Å². The maximum absolute atomic E-state index is 5.97. The van der Waals surface area contributed by atoms with Crippen molar-refractivity contribution in [2.24, 2.45) is 0 Å². The van der Waals surface area contributed by atoms with E-state index in [4.69, 9.17) is 10.5 Å². The minimum absolute atomic E-state index is 0.690. The van der Waals surface area contributed by atoms with E-state index in [2.05, 4.69) is 31.2 Å². The van der Waals surface area contributed by atoms with E-state index in [0.29, 0.717) is 6.61 Å². The van der Waals surface area contributed by atoms with Gasteiger partial charge in [0.05, 0.1) is 6.61 Å². The summed E-state index contributed by atoms with van der Waals surface area (Å²) in [5.41, 5.74) is 10.4. The molecule has 2 nitrogen and oxygen atoms in total. The predicted octanol–water partition coefficient (Wildman–Crippen LogP) is 4.67. The van der Waals surface area contributed by atoms with Crippen molar-refractivity contribution in [3.63, 3.8) is 0 Å². The number of para-hydroxylation sites is 1. The Labute approximate surface area is 127 Å². The van der Waals surface area contributed by atoms with Crippen molar-refractivity contribution in [1.82, 2.24) is 0 Å². The molecule has 0 amide bonds. The molecule has 2 aromatic rings. The number of hydrogen-bond acceptors (Lipinski definition) is 2. The molecule has 0 heterocycles. The maximum atomic E-state index is 5.97. The number of benzene rings is 2. The van der Waals surface area contributed by atoms with E-state index in [1.165, 1.54) is 11.1 Å². The molecule has 21 heavy (non-hydrogen) atoms. The fourth-order valence-corrected chi connectivity index (χ4v) is 2.23. The van der Waals surface area contributed by atoms with Crippen LogP contribution in [-0.4, -0.2) is 6.61 Å². The Hall–Kier alpha value is -2.06. The molecule has 0 aliphatic heterocycles. The molecule has 0 aliphatic rings. The summed E-state index contributed by atoms with van der Waals surface area (Å²) < 4.78 is 5.68. The van der Waals surface area contributed by atoms with E-state index in [1.807, 2.05) is 36.4 Å². The number of anilines is 1. The lowest BCUT2D eigenvalue weighted by atomic mass is 10.0. The highest BCUT2D eigenvalue weighted by molar-refractivity contribution is 5.73. The lowest BCUT2D eigenvalue weighted by Gasteiger charge is -2.06. The molecule has 0 spiro atoms. The maximum Gasteiger partial charge on any atom is 0.0716 e. The van der Waals surface area contributed by atoms with Gasteiger partial charge in [-0.1, -0.05) is 54.6 Å². The van der Waals surface area contributed by atoms with E-state index in [-0.39, 0.29) is 0 Å². The molecule has 0 aliphatic carbocycles. The first-order valence-corrected chi connectivity index (χ1v) is 7.40. The smallest absolute Gasteiger partial charge is 0.0716 e. The van der Waals surface area contributed by atoms with Gasteiger partial charge in [-0.2, -0.15) is 0 Å². The molecule has 0 bridgehead atoms. The summed E-state index contributed by atoms with van der Waals surface area (Å²) in [5.74, 6) is 0. The highest BCUT2D eigenvalue weighted by Gasteiger charge is 1.99. The van der Waals surface area contributed by atoms with Gasteiger partial charge in [0.15, 0.2) is 0 Å². The van der Waals surface area contributed by atoms with Crippen LogP contribution in [0.25, 0.3) is 5.57 Å². The van der Waals surface area contributed by atoms with Crippen LogP contribution < -0.4 is 5.73 Å². The van der Waals surface area contributed by atoms with Crippen LogP contribution in [0.5, 0.6) is 0 Å². The molecule has 0 saturated carbocycles. The summed E-state index contributed by atoms with van der Waals surface area (Å²) in [6, 6.07) is 18.2. The zero-order valence-corrected chi connectivity index (χ0v) is 12.6. The van der Waals surface area contributed by atoms with Crippen molar-refractivity contribution in [2.45, 2.75) is 26.4 Å². The second-order valence-electron chi connectivity index (χ2n) is 5.15. The van der Waals surface area contributed by atoms with E-state index >= 15 is 0 Å². The number of nitrogens with two attached hydrogens (primary N) is 1. The average molecular weight is 281 g/mol. The van der Waals surface area contributed by atoms with Crippen LogP contribution in [0.4, 0.5) is 5.69 Å². The largest absolute Gasteiger partial charge is 0.398 e. The van der Waals surface area contributed by atoms with Crippen LogP contribution in [0.1, 0.15) is 30.9 Å². The van der Waals surface area contributed by atoms with Gasteiger partial charge in [-0.25, -0.2) is 0 Å². The van der Waals surface area contributed by atoms with Gasteiger partial charge in [-0.3, -0.25) is 0 Å². The highest BCUT2D eigenvalue weighted by Crippen LogP contribution is 2.21. The Morgan fingerprint density at radius 3 is 2.52 bits per heavy atom. The summed E-state index contributed by atoms with van der Waals surface area (Å²) in [5, 5.41) is 0. The van der Waals surface area contributed by atoms with E-state index in [9.17, 15) is 0 Å². The van der Waals surface area contributed by atoms with Crippen molar-refractivity contribution in [1.29, 1.82) is 0 Å². The number of rotatable bonds is 7. The third kappa shape index (κ3) is 5.09. The van der Waals surface area contributed by atoms with Crippen LogP contribution >= 0.6 is 0 Å². The normalized spacial score (nSPS) is 11.6. The Balaban J connectivity index is 1.69. The van der Waals surface area contributed by atoms with Gasteiger partial charge in [-0.05, 0) is 42.5 Å². The predicted molar refractivity (Wildman–Crippen MR) is 89.8 cm³/mol. The Morgan fingerprint density at radius 2 is 1.76 bits per heavy atom. The Kier molecular flexibility index (Phi) is 6.04. The second-order valence-corrected chi connectivity index (χ2v) is 5.15. The van der Waals surface area contributed by atoms with Crippen molar-refractivity contribution in [3.8, 4) is 0 Å². The number of unbranched alkanes of at least 4 members (excludes halogenated alkanes) is 1. The minimum atomic E-state index is 0.690. The average Bonchev–Trinajstić information content (AvgIpc) is 2.52. The zero-order valence-electron chi connectivity index (χ0n) is 12.6. The zero-order chi connectivity index (χ0) is 14.9. The molecule has 2 rings (SSSR count). The topological polar surface area (TPSA) is 35.2 Å². The summed E-state index contributed by atoms with van der Waals surface area (Å²) >= 11 is 0. The van der Waals surface area contributed by atoms with Gasteiger partial charge in [0.25, 0.3) is 0 Å². The first-order chi connectivity index (χ1) is 10.3. The van der Waals surface area contributed by atoms with Gasteiger partial charge in [0, 0.05) is 12.3 Å². The van der Waals surface area contributed by atoms with Crippen molar-refractivity contribution in [3.05, 3.63) is 71.8 Å². The fourth-order valence-electron chi connectivity index (χ4n) is 2.23. The standard InChI is InChI=1S/C19H23NO/c1-16(18-12-5-6-13-19(18)20)9-7-8-14-21-15-17-10-3-2-4-11-17/h2-6,9-13H,7-8,14-15,20H2,1H3/b16-9+. The lowest BCUT2D eigenvalue weighted by Crippen LogP contribution is -1.95. The molecule has 0 saturated heterocycles. The monoisotopic (exact) mass is 281 g/mol. The quantitative estimate of drug-likeness (QED) is 0.591. The Morgan fingerprint density at radius 1 is 1.05 bits per heavy atom. The van der Waals surface area contributed by atoms with Crippen LogP contribution in [0.2, 0.25) is 0 Å². The van der Waals surface area contributed by atoms with E-state index in [1.54, 1.807) is 0 Å². The molecule has 2 N–H and O–H groups in total. The van der Waals surface area contributed by atoms with E-state index < -0.39 is 0 Å². The van der Waals surface area contributed by atoms with E-state index in [0.717, 1.165) is 30.7 Å². The first kappa shape index (κ1) is 15.3. The molecular weight excluding hydrogens is 258 g/mol. The molecule has 0 unspecified atom stereocenters. The Bertz CT molecular complexity index is 575. The van der Waals surface area contributed by atoms with Crippen molar-refractivity contribution in [2.75, 3.05) is 12.3 Å². The van der Waals surface area contributed by atoms with Crippen LogP contribution in [0.3, 0.4) is 0 Å². The number of hydrogen-bond donors (Lipinski definition) is 1. The van der Waals surface area contributed by atoms with Gasteiger partial charge in [-0.15, -0.1) is 0 Å². The molecular formula is C19H23NO. The van der Waals surface area contributed by atoms with Crippen LogP contribution in [0, 0.1) is 0 Å². The molecule has 0 atom stereocenters. The highest BCUT2D eigenvalue weighted by atomic mass is 16.5. The second kappa shape index (κ2) is 8.28. The third-order valence-electron chi connectivity index (χ3n) is 3.44. The van der Waals surface area contributed by atoms with Crippen molar-refractivity contribution >= 4 is 11.3 Å². The van der Waals surface area contributed by atoms with Gasteiger partial charge >= 0.3 is 0 Å². The number of allylic oxidation sites excluding steroid dienone is 2. The first-order valence-electron chi connectivity index (χ1n) is 7.40. The number of nitrogen functional groups attached to an aromatic ring is 1. The molecule has 0 radical (unpaired) electrons. The van der Waals surface area contributed by atoms with Crippen LogP contribution in [-0.2, 0) is 11.3 Å². The third-order valence-corrected chi connectivity index (χ3v) is 3.44. The van der Waals surface area contributed by atoms with Gasteiger partial charge in [0.1, 0.15) is 0 Å². The summed E-state index contributed by atoms with van der Waals surface area (Å²) in [6.07, 6.45) is 4.27. The fraction of sp³-hybridized carbons (Fsp3) is 0.263. The molecule has 0 aromatic heterocycles. The van der Waals surface area contributed by atoms with Crippen LogP contribution in [0.15, 0.2) is 60.7 Å². The summed E-state index contributed by atoms with van der Waals surface area (Å²) in [6.45, 7) is 3.58.